The third-order valence-electron chi connectivity index (χ3n) is 3.82. The number of hydrogen-bond acceptors (Lipinski definition) is 3. The Balaban J connectivity index is 1.52. The molecular weight excluding hydrogens is 260 g/mol. The molecule has 3 aromatic rings. The summed E-state index contributed by atoms with van der Waals surface area (Å²) in [5.74, 6) is 0. The van der Waals surface area contributed by atoms with Gasteiger partial charge < -0.3 is 5.32 Å². The Labute approximate surface area is 124 Å². The number of nitrogens with zero attached hydrogens (tertiary/aromatic N) is 2. The maximum Gasteiger partial charge on any atom is 0.0522 e. The third kappa shape index (κ3) is 3.28. The molecule has 21 heavy (non-hydrogen) atoms. The second-order valence-corrected chi connectivity index (χ2v) is 5.31. The summed E-state index contributed by atoms with van der Waals surface area (Å²) in [6, 6.07) is 8.46. The van der Waals surface area contributed by atoms with Crippen molar-refractivity contribution in [3.05, 3.63) is 59.7 Å². The molecule has 2 heterocycles. The summed E-state index contributed by atoms with van der Waals surface area (Å²) in [6.45, 7) is 3.97. The second kappa shape index (κ2) is 6.50. The van der Waals surface area contributed by atoms with E-state index in [9.17, 15) is 0 Å². The fourth-order valence-corrected chi connectivity index (χ4v) is 2.60. The van der Waals surface area contributed by atoms with Crippen LogP contribution in [0.25, 0.3) is 10.8 Å². The van der Waals surface area contributed by atoms with Gasteiger partial charge >= 0.3 is 0 Å². The highest BCUT2D eigenvalue weighted by Crippen LogP contribution is 2.17. The fourth-order valence-electron chi connectivity index (χ4n) is 2.60. The van der Waals surface area contributed by atoms with Gasteiger partial charge in [0.05, 0.1) is 6.20 Å². The first-order valence-corrected chi connectivity index (χ1v) is 7.36. The molecule has 3 rings (SSSR count). The van der Waals surface area contributed by atoms with Crippen molar-refractivity contribution in [1.29, 1.82) is 0 Å². The van der Waals surface area contributed by atoms with Crippen molar-refractivity contribution in [3.63, 3.8) is 0 Å². The summed E-state index contributed by atoms with van der Waals surface area (Å²) in [7, 11) is 0. The Morgan fingerprint density at radius 2 is 2.10 bits per heavy atom. The van der Waals surface area contributed by atoms with Crippen molar-refractivity contribution in [2.45, 2.75) is 26.3 Å². The van der Waals surface area contributed by atoms with Gasteiger partial charge in [0.2, 0.25) is 0 Å². The fraction of sp³-hybridized carbons (Fsp3) is 0.294. The Morgan fingerprint density at radius 3 is 2.95 bits per heavy atom. The normalized spacial score (nSPS) is 11.1. The number of aromatic nitrogens is 3. The van der Waals surface area contributed by atoms with E-state index in [0.717, 1.165) is 25.9 Å². The Morgan fingerprint density at radius 1 is 1.14 bits per heavy atom. The molecule has 0 aliphatic carbocycles. The van der Waals surface area contributed by atoms with Crippen molar-refractivity contribution in [2.75, 3.05) is 6.54 Å². The quantitative estimate of drug-likeness (QED) is 0.682. The lowest BCUT2D eigenvalue weighted by atomic mass is 10.1. The zero-order chi connectivity index (χ0) is 14.5. The van der Waals surface area contributed by atoms with Crippen LogP contribution < -0.4 is 5.32 Å². The van der Waals surface area contributed by atoms with Crippen molar-refractivity contribution in [1.82, 2.24) is 20.5 Å². The van der Waals surface area contributed by atoms with Crippen LogP contribution in [0.3, 0.4) is 0 Å². The highest BCUT2D eigenvalue weighted by Gasteiger charge is 2.01. The summed E-state index contributed by atoms with van der Waals surface area (Å²) in [5, 5.41) is 13.0. The van der Waals surface area contributed by atoms with E-state index in [1.807, 2.05) is 18.6 Å². The molecule has 0 unspecified atom stereocenters. The molecule has 0 fully saturated rings. The average molecular weight is 280 g/mol. The van der Waals surface area contributed by atoms with Gasteiger partial charge in [-0.3, -0.25) is 10.1 Å². The molecule has 0 aliphatic rings. The van der Waals surface area contributed by atoms with Crippen LogP contribution in [0.1, 0.15) is 23.2 Å². The van der Waals surface area contributed by atoms with Gasteiger partial charge in [0.25, 0.3) is 0 Å². The first-order chi connectivity index (χ1) is 10.3. The molecule has 0 aliphatic heterocycles. The van der Waals surface area contributed by atoms with E-state index >= 15 is 0 Å². The summed E-state index contributed by atoms with van der Waals surface area (Å²) in [6.07, 6.45) is 7.88. The first-order valence-electron chi connectivity index (χ1n) is 7.36. The van der Waals surface area contributed by atoms with Crippen LogP contribution in [-0.2, 0) is 13.0 Å². The van der Waals surface area contributed by atoms with Gasteiger partial charge in [0.1, 0.15) is 0 Å². The average Bonchev–Trinajstić information content (AvgIpc) is 2.92. The van der Waals surface area contributed by atoms with Crippen molar-refractivity contribution >= 4 is 10.8 Å². The maximum atomic E-state index is 4.17. The second-order valence-electron chi connectivity index (χ2n) is 5.31. The highest BCUT2D eigenvalue weighted by atomic mass is 15.1. The van der Waals surface area contributed by atoms with Gasteiger partial charge in [-0.2, -0.15) is 5.10 Å². The summed E-state index contributed by atoms with van der Waals surface area (Å²) < 4.78 is 0. The highest BCUT2D eigenvalue weighted by molar-refractivity contribution is 5.84. The van der Waals surface area contributed by atoms with Gasteiger partial charge in [-0.25, -0.2) is 0 Å². The number of fused-ring (bicyclic) bond motifs is 1. The topological polar surface area (TPSA) is 53.6 Å². The first kappa shape index (κ1) is 13.8. The number of nitrogens with one attached hydrogen (secondary N) is 2. The molecule has 4 heteroatoms. The number of rotatable bonds is 6. The lowest BCUT2D eigenvalue weighted by molar-refractivity contribution is 0.651. The molecule has 2 N–H and O–H groups in total. The van der Waals surface area contributed by atoms with E-state index in [1.165, 1.54) is 27.6 Å². The van der Waals surface area contributed by atoms with Crippen molar-refractivity contribution in [2.24, 2.45) is 0 Å². The van der Waals surface area contributed by atoms with E-state index in [4.69, 9.17) is 0 Å². The van der Waals surface area contributed by atoms with Gasteiger partial charge in [-0.05, 0) is 48.9 Å². The van der Waals surface area contributed by atoms with Crippen LogP contribution in [0.5, 0.6) is 0 Å². The van der Waals surface area contributed by atoms with E-state index in [-0.39, 0.29) is 0 Å². The van der Waals surface area contributed by atoms with Gasteiger partial charge in [-0.1, -0.05) is 18.2 Å². The van der Waals surface area contributed by atoms with Gasteiger partial charge in [0, 0.05) is 30.0 Å². The monoisotopic (exact) mass is 280 g/mol. The lowest BCUT2D eigenvalue weighted by Crippen LogP contribution is -2.15. The minimum absolute atomic E-state index is 0.895. The number of H-pyrrole nitrogens is 1. The van der Waals surface area contributed by atoms with E-state index < -0.39 is 0 Å². The Bertz CT molecular complexity index is 712. The zero-order valence-corrected chi connectivity index (χ0v) is 12.3. The summed E-state index contributed by atoms with van der Waals surface area (Å²) in [5.41, 5.74) is 3.82. The molecule has 0 saturated heterocycles. The molecule has 0 bridgehead atoms. The minimum atomic E-state index is 0.895. The predicted molar refractivity (Wildman–Crippen MR) is 85.1 cm³/mol. The number of aromatic amines is 1. The number of pyridine rings is 1. The predicted octanol–water partition coefficient (Wildman–Crippen LogP) is 2.99. The SMILES string of the molecule is Cc1[nH]ncc1CCCNCc1cccc2cnccc12. The van der Waals surface area contributed by atoms with E-state index in [0.29, 0.717) is 0 Å². The molecule has 0 spiro atoms. The van der Waals surface area contributed by atoms with Crippen molar-refractivity contribution < 1.29 is 0 Å². The van der Waals surface area contributed by atoms with Crippen LogP contribution in [0.2, 0.25) is 0 Å². The van der Waals surface area contributed by atoms with E-state index in [1.54, 1.807) is 0 Å². The molecule has 0 saturated carbocycles. The van der Waals surface area contributed by atoms with E-state index in [2.05, 4.69) is 51.7 Å². The largest absolute Gasteiger partial charge is 0.313 e. The summed E-state index contributed by atoms with van der Waals surface area (Å²) >= 11 is 0. The number of aryl methyl sites for hydroxylation is 2. The van der Waals surface area contributed by atoms with Crippen molar-refractivity contribution in [3.8, 4) is 0 Å². The van der Waals surface area contributed by atoms with Crippen LogP contribution in [-0.4, -0.2) is 21.7 Å². The lowest BCUT2D eigenvalue weighted by Gasteiger charge is -2.08. The zero-order valence-electron chi connectivity index (χ0n) is 12.3. The van der Waals surface area contributed by atoms with Crippen LogP contribution in [0.15, 0.2) is 42.9 Å². The third-order valence-corrected chi connectivity index (χ3v) is 3.82. The molecule has 2 aromatic heterocycles. The van der Waals surface area contributed by atoms with Crippen LogP contribution >= 0.6 is 0 Å². The van der Waals surface area contributed by atoms with Gasteiger partial charge in [-0.15, -0.1) is 0 Å². The number of benzene rings is 1. The molecule has 4 nitrogen and oxygen atoms in total. The summed E-state index contributed by atoms with van der Waals surface area (Å²) in [4.78, 5) is 4.17. The Kier molecular flexibility index (Phi) is 4.26. The van der Waals surface area contributed by atoms with Crippen LogP contribution in [0.4, 0.5) is 0 Å². The number of hydrogen-bond donors (Lipinski definition) is 2. The molecular formula is C17H20N4. The molecule has 0 atom stereocenters. The molecule has 108 valence electrons. The Hall–Kier alpha value is -2.20. The maximum absolute atomic E-state index is 4.17. The standard InChI is InChI=1S/C17H20N4/c1-13-14(12-20-21-13)6-3-8-18-10-15-4-2-5-16-11-19-9-7-17(15)16/h2,4-5,7,9,11-12,18H,3,6,8,10H2,1H3,(H,20,21). The molecule has 0 amide bonds. The molecule has 1 aromatic carbocycles. The smallest absolute Gasteiger partial charge is 0.0522 e. The molecule has 0 radical (unpaired) electrons. The van der Waals surface area contributed by atoms with Gasteiger partial charge in [0.15, 0.2) is 0 Å². The van der Waals surface area contributed by atoms with Crippen LogP contribution in [0, 0.1) is 6.92 Å². The minimum Gasteiger partial charge on any atom is -0.313 e.